The van der Waals surface area contributed by atoms with Gasteiger partial charge in [0, 0.05) is 12.1 Å². The maximum Gasteiger partial charge on any atom is 0.106 e. The summed E-state index contributed by atoms with van der Waals surface area (Å²) in [5.74, 6) is 1.55. The molecular weight excluding hydrogens is 102 g/mol. The monoisotopic (exact) mass is 113 g/mol. The van der Waals surface area contributed by atoms with Gasteiger partial charge in [-0.1, -0.05) is 12.1 Å². The largest absolute Gasteiger partial charge is 0.399 e. The highest BCUT2D eigenvalue weighted by Crippen LogP contribution is 2.35. The SMILES string of the molecule is CO/N=C/C1CC1C. The Hall–Kier alpha value is -0.530. The molecular formula is C6H11NO. The van der Waals surface area contributed by atoms with Crippen LogP contribution in [-0.2, 0) is 4.84 Å². The average Bonchev–Trinajstić information content (AvgIpc) is 2.42. The molecule has 0 bridgehead atoms. The van der Waals surface area contributed by atoms with E-state index in [1.54, 1.807) is 7.11 Å². The maximum absolute atomic E-state index is 4.51. The van der Waals surface area contributed by atoms with Crippen LogP contribution in [0.5, 0.6) is 0 Å². The zero-order valence-electron chi connectivity index (χ0n) is 5.29. The van der Waals surface area contributed by atoms with E-state index >= 15 is 0 Å². The third-order valence-corrected chi connectivity index (χ3v) is 1.53. The molecule has 1 rings (SSSR count). The lowest BCUT2D eigenvalue weighted by molar-refractivity contribution is 0.214. The molecule has 0 amide bonds. The Morgan fingerprint density at radius 3 is 2.75 bits per heavy atom. The quantitative estimate of drug-likeness (QED) is 0.390. The lowest BCUT2D eigenvalue weighted by Crippen LogP contribution is -1.79. The van der Waals surface area contributed by atoms with E-state index in [1.807, 2.05) is 6.21 Å². The van der Waals surface area contributed by atoms with Crippen molar-refractivity contribution >= 4 is 6.21 Å². The number of hydrogen-bond acceptors (Lipinski definition) is 2. The molecule has 0 saturated heterocycles. The van der Waals surface area contributed by atoms with Crippen molar-refractivity contribution in [2.45, 2.75) is 13.3 Å². The number of nitrogens with zero attached hydrogens (tertiary/aromatic N) is 1. The molecule has 8 heavy (non-hydrogen) atoms. The van der Waals surface area contributed by atoms with E-state index in [1.165, 1.54) is 6.42 Å². The fraction of sp³-hybridized carbons (Fsp3) is 0.833. The summed E-state index contributed by atoms with van der Waals surface area (Å²) in [4.78, 5) is 4.51. The van der Waals surface area contributed by atoms with E-state index in [9.17, 15) is 0 Å². The van der Waals surface area contributed by atoms with Crippen molar-refractivity contribution in [2.24, 2.45) is 17.0 Å². The van der Waals surface area contributed by atoms with Crippen molar-refractivity contribution < 1.29 is 4.84 Å². The van der Waals surface area contributed by atoms with E-state index in [4.69, 9.17) is 0 Å². The summed E-state index contributed by atoms with van der Waals surface area (Å²) in [5.41, 5.74) is 0. The average molecular weight is 113 g/mol. The van der Waals surface area contributed by atoms with Crippen LogP contribution in [0.4, 0.5) is 0 Å². The molecule has 1 aliphatic rings. The minimum atomic E-state index is 0.704. The van der Waals surface area contributed by atoms with E-state index < -0.39 is 0 Å². The van der Waals surface area contributed by atoms with Gasteiger partial charge in [0.1, 0.15) is 7.11 Å². The van der Waals surface area contributed by atoms with Crippen LogP contribution in [0.1, 0.15) is 13.3 Å². The van der Waals surface area contributed by atoms with Crippen molar-refractivity contribution in [1.82, 2.24) is 0 Å². The molecule has 2 nitrogen and oxygen atoms in total. The van der Waals surface area contributed by atoms with Crippen LogP contribution in [0, 0.1) is 11.8 Å². The van der Waals surface area contributed by atoms with E-state index in [2.05, 4.69) is 16.9 Å². The van der Waals surface area contributed by atoms with Crippen LogP contribution in [-0.4, -0.2) is 13.3 Å². The molecule has 2 heteroatoms. The summed E-state index contributed by atoms with van der Waals surface area (Å²) in [6.07, 6.45) is 3.16. The van der Waals surface area contributed by atoms with Crippen LogP contribution < -0.4 is 0 Å². The van der Waals surface area contributed by atoms with Gasteiger partial charge in [0.25, 0.3) is 0 Å². The van der Waals surface area contributed by atoms with E-state index in [0.29, 0.717) is 5.92 Å². The Kier molecular flexibility index (Phi) is 1.51. The van der Waals surface area contributed by atoms with E-state index in [-0.39, 0.29) is 0 Å². The van der Waals surface area contributed by atoms with Crippen LogP contribution in [0.2, 0.25) is 0 Å². The highest BCUT2D eigenvalue weighted by atomic mass is 16.6. The molecule has 0 aliphatic heterocycles. The summed E-state index contributed by atoms with van der Waals surface area (Å²) in [7, 11) is 1.57. The number of rotatable bonds is 2. The molecule has 0 heterocycles. The van der Waals surface area contributed by atoms with Crippen molar-refractivity contribution in [2.75, 3.05) is 7.11 Å². The first-order chi connectivity index (χ1) is 3.84. The van der Waals surface area contributed by atoms with Crippen LogP contribution in [0.15, 0.2) is 5.16 Å². The Labute approximate surface area is 49.5 Å². The minimum Gasteiger partial charge on any atom is -0.399 e. The highest BCUT2D eigenvalue weighted by molar-refractivity contribution is 5.63. The van der Waals surface area contributed by atoms with E-state index in [0.717, 1.165) is 5.92 Å². The number of oxime groups is 1. The van der Waals surface area contributed by atoms with Gasteiger partial charge in [-0.3, -0.25) is 0 Å². The van der Waals surface area contributed by atoms with Gasteiger partial charge in [-0.25, -0.2) is 0 Å². The predicted octanol–water partition coefficient (Wildman–Crippen LogP) is 1.27. The molecule has 1 aliphatic carbocycles. The lowest BCUT2D eigenvalue weighted by Gasteiger charge is -1.82. The molecule has 0 radical (unpaired) electrons. The van der Waals surface area contributed by atoms with Crippen molar-refractivity contribution in [1.29, 1.82) is 0 Å². The zero-order valence-corrected chi connectivity index (χ0v) is 5.29. The lowest BCUT2D eigenvalue weighted by atomic mass is 10.4. The minimum absolute atomic E-state index is 0.704. The molecule has 46 valence electrons. The predicted molar refractivity (Wildman–Crippen MR) is 32.8 cm³/mol. The summed E-state index contributed by atoms with van der Waals surface area (Å²) in [6, 6.07) is 0. The van der Waals surface area contributed by atoms with Gasteiger partial charge < -0.3 is 4.84 Å². The van der Waals surface area contributed by atoms with Gasteiger partial charge in [0.05, 0.1) is 0 Å². The van der Waals surface area contributed by atoms with Gasteiger partial charge in [-0.05, 0) is 12.3 Å². The van der Waals surface area contributed by atoms with Crippen LogP contribution in [0.25, 0.3) is 0 Å². The Morgan fingerprint density at radius 2 is 2.38 bits per heavy atom. The molecule has 0 aromatic heterocycles. The normalized spacial score (nSPS) is 35.8. The summed E-state index contributed by atoms with van der Waals surface area (Å²) >= 11 is 0. The second kappa shape index (κ2) is 2.16. The molecule has 0 aromatic carbocycles. The molecule has 0 spiro atoms. The van der Waals surface area contributed by atoms with Gasteiger partial charge in [-0.2, -0.15) is 0 Å². The standard InChI is InChI=1S/C6H11NO/c1-5-3-6(5)4-7-8-2/h4-6H,3H2,1-2H3/b7-4+. The zero-order chi connectivity index (χ0) is 5.98. The Bertz CT molecular complexity index is 101. The smallest absolute Gasteiger partial charge is 0.106 e. The van der Waals surface area contributed by atoms with Gasteiger partial charge >= 0.3 is 0 Å². The van der Waals surface area contributed by atoms with Crippen molar-refractivity contribution in [3.8, 4) is 0 Å². The Balaban J connectivity index is 2.12. The third kappa shape index (κ3) is 1.22. The second-order valence-corrected chi connectivity index (χ2v) is 2.31. The Morgan fingerprint density at radius 1 is 1.75 bits per heavy atom. The summed E-state index contributed by atoms with van der Waals surface area (Å²) in [5, 5.41) is 3.66. The van der Waals surface area contributed by atoms with Gasteiger partial charge in [0.15, 0.2) is 0 Å². The van der Waals surface area contributed by atoms with Gasteiger partial charge in [-0.15, -0.1) is 0 Å². The summed E-state index contributed by atoms with van der Waals surface area (Å²) < 4.78 is 0. The van der Waals surface area contributed by atoms with Crippen LogP contribution >= 0.6 is 0 Å². The van der Waals surface area contributed by atoms with Crippen molar-refractivity contribution in [3.05, 3.63) is 0 Å². The molecule has 1 fully saturated rings. The summed E-state index contributed by atoms with van der Waals surface area (Å²) in [6.45, 7) is 2.21. The molecule has 2 unspecified atom stereocenters. The first kappa shape index (κ1) is 5.60. The highest BCUT2D eigenvalue weighted by Gasteiger charge is 2.30. The van der Waals surface area contributed by atoms with Crippen LogP contribution in [0.3, 0.4) is 0 Å². The maximum atomic E-state index is 4.51. The second-order valence-electron chi connectivity index (χ2n) is 2.31. The molecule has 2 atom stereocenters. The topological polar surface area (TPSA) is 21.6 Å². The molecule has 1 saturated carbocycles. The molecule has 0 aromatic rings. The number of hydrogen-bond donors (Lipinski definition) is 0. The van der Waals surface area contributed by atoms with Gasteiger partial charge in [0.2, 0.25) is 0 Å². The third-order valence-electron chi connectivity index (χ3n) is 1.53. The van der Waals surface area contributed by atoms with Crippen molar-refractivity contribution in [3.63, 3.8) is 0 Å². The first-order valence-corrected chi connectivity index (χ1v) is 2.91. The molecule has 0 N–H and O–H groups in total. The first-order valence-electron chi connectivity index (χ1n) is 2.91. The fourth-order valence-electron chi connectivity index (χ4n) is 0.698. The fourth-order valence-corrected chi connectivity index (χ4v) is 0.698.